The molecule has 0 aliphatic heterocycles. The largest absolute Gasteiger partial charge is 0.321 e. The fraction of sp³-hybridized carbons (Fsp3) is 0.188. The molecule has 0 aliphatic carbocycles. The number of carbonyl (C=O) groups excluding carboxylic acids is 1. The summed E-state index contributed by atoms with van der Waals surface area (Å²) >= 11 is 0. The number of benzene rings is 1. The average molecular weight is 280 g/mol. The molecule has 0 spiro atoms. The molecule has 1 amide bonds. The molecule has 0 atom stereocenters. The van der Waals surface area contributed by atoms with Crippen molar-refractivity contribution in [2.75, 3.05) is 5.32 Å². The van der Waals surface area contributed by atoms with E-state index in [1.807, 2.05) is 30.3 Å². The van der Waals surface area contributed by atoms with Gasteiger partial charge in [-0.2, -0.15) is 10.4 Å². The lowest BCUT2D eigenvalue weighted by molar-refractivity contribution is -0.112. The Morgan fingerprint density at radius 2 is 2.14 bits per heavy atom. The lowest BCUT2D eigenvalue weighted by Crippen LogP contribution is -2.13. The summed E-state index contributed by atoms with van der Waals surface area (Å²) in [7, 11) is 1.78. The highest BCUT2D eigenvalue weighted by Gasteiger charge is 2.10. The van der Waals surface area contributed by atoms with Crippen molar-refractivity contribution in [3.63, 3.8) is 0 Å². The average Bonchev–Trinajstić information content (AvgIpc) is 2.90. The van der Waals surface area contributed by atoms with Crippen molar-refractivity contribution < 1.29 is 4.79 Å². The molecular weight excluding hydrogens is 264 g/mol. The van der Waals surface area contributed by atoms with Gasteiger partial charge in [-0.3, -0.25) is 9.48 Å². The first-order valence-electron chi connectivity index (χ1n) is 6.63. The van der Waals surface area contributed by atoms with Crippen LogP contribution in [0.15, 0.2) is 42.2 Å². The molecule has 1 aromatic heterocycles. The van der Waals surface area contributed by atoms with Gasteiger partial charge in [-0.15, -0.1) is 0 Å². The molecule has 21 heavy (non-hydrogen) atoms. The first-order valence-corrected chi connectivity index (χ1v) is 6.63. The third-order valence-corrected chi connectivity index (χ3v) is 3.02. The van der Waals surface area contributed by atoms with Crippen molar-refractivity contribution >= 4 is 17.7 Å². The number of anilines is 1. The minimum absolute atomic E-state index is 0.0440. The fourth-order valence-corrected chi connectivity index (χ4v) is 1.85. The molecule has 0 saturated carbocycles. The smallest absolute Gasteiger partial charge is 0.266 e. The molecule has 1 heterocycles. The Kier molecular flexibility index (Phi) is 4.52. The van der Waals surface area contributed by atoms with Crippen molar-refractivity contribution in [2.45, 2.75) is 13.3 Å². The van der Waals surface area contributed by atoms with Gasteiger partial charge in [0.25, 0.3) is 5.91 Å². The Morgan fingerprint density at radius 1 is 1.43 bits per heavy atom. The summed E-state index contributed by atoms with van der Waals surface area (Å²) in [5.74, 6) is -0.425. The second kappa shape index (κ2) is 6.53. The number of aryl methyl sites for hydroxylation is 2. The number of nitrogens with zero attached hydrogens (tertiary/aromatic N) is 3. The third kappa shape index (κ3) is 3.80. The van der Waals surface area contributed by atoms with Crippen LogP contribution in [0, 0.1) is 11.3 Å². The molecule has 5 heteroatoms. The van der Waals surface area contributed by atoms with E-state index in [1.54, 1.807) is 24.1 Å². The first-order chi connectivity index (χ1) is 10.1. The quantitative estimate of drug-likeness (QED) is 0.691. The monoisotopic (exact) mass is 280 g/mol. The van der Waals surface area contributed by atoms with E-state index >= 15 is 0 Å². The molecule has 0 aliphatic rings. The lowest BCUT2D eigenvalue weighted by atomic mass is 10.1. The van der Waals surface area contributed by atoms with E-state index in [-0.39, 0.29) is 5.57 Å². The Morgan fingerprint density at radius 3 is 2.67 bits per heavy atom. The minimum Gasteiger partial charge on any atom is -0.321 e. The summed E-state index contributed by atoms with van der Waals surface area (Å²) in [6.45, 7) is 2.07. The number of rotatable bonds is 4. The molecular formula is C16H16N4O. The Hall–Kier alpha value is -2.87. The van der Waals surface area contributed by atoms with Gasteiger partial charge in [-0.25, -0.2) is 0 Å². The molecule has 1 aromatic carbocycles. The van der Waals surface area contributed by atoms with E-state index in [4.69, 9.17) is 5.26 Å². The van der Waals surface area contributed by atoms with E-state index in [1.165, 1.54) is 11.6 Å². The fourth-order valence-electron chi connectivity index (χ4n) is 1.85. The van der Waals surface area contributed by atoms with Crippen molar-refractivity contribution in [1.29, 1.82) is 5.26 Å². The lowest BCUT2D eigenvalue weighted by Gasteiger charge is -2.05. The van der Waals surface area contributed by atoms with E-state index in [9.17, 15) is 4.79 Å². The van der Waals surface area contributed by atoms with Crippen LogP contribution in [0.25, 0.3) is 6.08 Å². The van der Waals surface area contributed by atoms with Crippen molar-refractivity contribution in [3.05, 3.63) is 53.4 Å². The van der Waals surface area contributed by atoms with Crippen LogP contribution in [0.4, 0.5) is 5.69 Å². The summed E-state index contributed by atoms with van der Waals surface area (Å²) in [6.07, 6.45) is 5.79. The van der Waals surface area contributed by atoms with Crippen molar-refractivity contribution in [3.8, 4) is 6.07 Å². The molecule has 2 aromatic rings. The zero-order chi connectivity index (χ0) is 15.2. The molecule has 0 unspecified atom stereocenters. The van der Waals surface area contributed by atoms with Gasteiger partial charge in [0.2, 0.25) is 0 Å². The van der Waals surface area contributed by atoms with Gasteiger partial charge in [-0.05, 0) is 30.2 Å². The summed E-state index contributed by atoms with van der Waals surface area (Å²) < 4.78 is 1.61. The highest BCUT2D eigenvalue weighted by Crippen LogP contribution is 2.12. The zero-order valence-corrected chi connectivity index (χ0v) is 12.0. The highest BCUT2D eigenvalue weighted by atomic mass is 16.1. The maximum Gasteiger partial charge on any atom is 0.266 e. The number of nitrogens with one attached hydrogen (secondary N) is 1. The van der Waals surface area contributed by atoms with Gasteiger partial charge in [0.15, 0.2) is 0 Å². The number of carbonyl (C=O) groups is 1. The molecule has 106 valence electrons. The van der Waals surface area contributed by atoms with Gasteiger partial charge >= 0.3 is 0 Å². The number of hydrogen-bond acceptors (Lipinski definition) is 3. The van der Waals surface area contributed by atoms with E-state index in [0.29, 0.717) is 11.3 Å². The molecule has 1 N–H and O–H groups in total. The number of aromatic nitrogens is 2. The number of nitriles is 1. The molecule has 0 radical (unpaired) electrons. The van der Waals surface area contributed by atoms with E-state index in [0.717, 1.165) is 6.42 Å². The van der Waals surface area contributed by atoms with E-state index < -0.39 is 5.91 Å². The van der Waals surface area contributed by atoms with Crippen LogP contribution in [0.1, 0.15) is 18.1 Å². The molecule has 0 fully saturated rings. The minimum atomic E-state index is -0.425. The molecule has 0 bridgehead atoms. The second-order valence-electron chi connectivity index (χ2n) is 4.62. The van der Waals surface area contributed by atoms with Crippen LogP contribution in [0.3, 0.4) is 0 Å². The van der Waals surface area contributed by atoms with Crippen molar-refractivity contribution in [1.82, 2.24) is 9.78 Å². The predicted octanol–water partition coefficient (Wildman–Crippen LogP) is 2.53. The van der Waals surface area contributed by atoms with Crippen LogP contribution in [0.2, 0.25) is 0 Å². The third-order valence-electron chi connectivity index (χ3n) is 3.02. The van der Waals surface area contributed by atoms with Crippen molar-refractivity contribution in [2.24, 2.45) is 7.05 Å². The van der Waals surface area contributed by atoms with Crippen LogP contribution in [-0.4, -0.2) is 15.7 Å². The second-order valence-corrected chi connectivity index (χ2v) is 4.62. The van der Waals surface area contributed by atoms with Gasteiger partial charge in [-0.1, -0.05) is 19.1 Å². The van der Waals surface area contributed by atoms with Gasteiger partial charge < -0.3 is 5.32 Å². The maximum atomic E-state index is 12.1. The summed E-state index contributed by atoms with van der Waals surface area (Å²) in [5, 5.41) is 15.8. The van der Waals surface area contributed by atoms with Gasteiger partial charge in [0.05, 0.1) is 6.20 Å². The van der Waals surface area contributed by atoms with Crippen LogP contribution >= 0.6 is 0 Å². The Bertz CT molecular complexity index is 705. The topological polar surface area (TPSA) is 70.7 Å². The van der Waals surface area contributed by atoms with Gasteiger partial charge in [0.1, 0.15) is 11.6 Å². The Labute approximate surface area is 123 Å². The van der Waals surface area contributed by atoms with E-state index in [2.05, 4.69) is 17.3 Å². The first kappa shape index (κ1) is 14.5. The number of amides is 1. The van der Waals surface area contributed by atoms with Crippen LogP contribution in [0.5, 0.6) is 0 Å². The van der Waals surface area contributed by atoms with Crippen LogP contribution < -0.4 is 5.32 Å². The summed E-state index contributed by atoms with van der Waals surface area (Å²) in [4.78, 5) is 12.1. The number of hydrogen-bond donors (Lipinski definition) is 1. The normalized spacial score (nSPS) is 11.0. The SMILES string of the molecule is CCc1ccc(NC(=O)/C(C#N)=C/c2cnn(C)c2)cc1. The summed E-state index contributed by atoms with van der Waals surface area (Å²) in [5.41, 5.74) is 2.62. The standard InChI is InChI=1S/C16H16N4O/c1-3-12-4-6-15(7-5-12)19-16(21)14(9-17)8-13-10-18-20(2)11-13/h4-8,10-11H,3H2,1-2H3,(H,19,21)/b14-8+. The predicted molar refractivity (Wildman–Crippen MR) is 81.2 cm³/mol. The van der Waals surface area contributed by atoms with Crippen LogP contribution in [-0.2, 0) is 18.3 Å². The highest BCUT2D eigenvalue weighted by molar-refractivity contribution is 6.09. The molecule has 0 saturated heterocycles. The maximum absolute atomic E-state index is 12.1. The zero-order valence-electron chi connectivity index (χ0n) is 12.0. The molecule has 2 rings (SSSR count). The summed E-state index contributed by atoms with van der Waals surface area (Å²) in [6, 6.07) is 9.47. The molecule has 5 nitrogen and oxygen atoms in total. The van der Waals surface area contributed by atoms with Gasteiger partial charge in [0, 0.05) is 24.5 Å². The Balaban J connectivity index is 2.13.